The summed E-state index contributed by atoms with van der Waals surface area (Å²) in [5.74, 6) is -0.923. The highest BCUT2D eigenvalue weighted by molar-refractivity contribution is 6.03. The fraction of sp³-hybridized carbons (Fsp3) is 0.208. The number of pyridine rings is 1. The second kappa shape index (κ2) is 6.91. The van der Waals surface area contributed by atoms with Crippen molar-refractivity contribution < 1.29 is 23.9 Å². The van der Waals surface area contributed by atoms with Crippen molar-refractivity contribution in [2.75, 3.05) is 13.1 Å². The van der Waals surface area contributed by atoms with Crippen molar-refractivity contribution in [2.24, 2.45) is 0 Å². The summed E-state index contributed by atoms with van der Waals surface area (Å²) in [5.41, 5.74) is 2.03. The average Bonchev–Trinajstić information content (AvgIpc) is 3.29. The molecule has 1 atom stereocenters. The van der Waals surface area contributed by atoms with Crippen LogP contribution in [-0.2, 0) is 12.1 Å². The topological polar surface area (TPSA) is 64.7 Å². The van der Waals surface area contributed by atoms with Crippen LogP contribution in [0, 0.1) is 5.82 Å². The number of carbonyl (C=O) groups excluding carboxylic acids is 2. The Hall–Kier alpha value is -3.74. The molecule has 2 aliphatic rings. The average molecular weight is 418 g/mol. The normalized spacial score (nSPS) is 19.5. The Morgan fingerprint density at radius 1 is 1.10 bits per heavy atom. The summed E-state index contributed by atoms with van der Waals surface area (Å²) < 4.78 is 14.3. The monoisotopic (exact) mass is 418 g/mol. The maximum absolute atomic E-state index is 13.6. The minimum Gasteiger partial charge on any atom is -0.305 e. The Bertz CT molecular complexity index is 1190. The van der Waals surface area contributed by atoms with E-state index < -0.39 is 11.5 Å². The summed E-state index contributed by atoms with van der Waals surface area (Å²) >= 11 is 0. The van der Waals surface area contributed by atoms with Crippen LogP contribution in [-0.4, -0.2) is 39.9 Å². The van der Waals surface area contributed by atoms with E-state index in [0.29, 0.717) is 29.8 Å². The Kier molecular flexibility index (Phi) is 4.28. The minimum atomic E-state index is -1.18. The quantitative estimate of drug-likeness (QED) is 0.526. The standard InChI is InChI=1S/C24H21FN3O3/c1-2-16-3-7-18(8-4-16)24-21-15-26(31)12-11-20(21)23(30)28(24)14-13-27(24)22(29)17-5-9-19(25)10-6-17/h3-12,15,31H,2,13-14H2,1H3/q+1. The Labute approximate surface area is 178 Å². The number of nitrogens with zero attached hydrogens (tertiary/aromatic N) is 3. The summed E-state index contributed by atoms with van der Waals surface area (Å²) in [6, 6.07) is 14.8. The van der Waals surface area contributed by atoms with Crippen molar-refractivity contribution in [1.82, 2.24) is 9.80 Å². The van der Waals surface area contributed by atoms with E-state index in [0.717, 1.165) is 22.3 Å². The van der Waals surface area contributed by atoms with Crippen LogP contribution in [0.4, 0.5) is 4.39 Å². The first-order valence-corrected chi connectivity index (χ1v) is 10.2. The largest absolute Gasteiger partial charge is 0.305 e. The van der Waals surface area contributed by atoms with E-state index in [1.165, 1.54) is 36.7 Å². The van der Waals surface area contributed by atoms with Crippen LogP contribution in [0.15, 0.2) is 67.0 Å². The zero-order chi connectivity index (χ0) is 21.8. The summed E-state index contributed by atoms with van der Waals surface area (Å²) in [6.07, 6.45) is 3.75. The summed E-state index contributed by atoms with van der Waals surface area (Å²) in [7, 11) is 0. The van der Waals surface area contributed by atoms with E-state index in [1.807, 2.05) is 24.3 Å². The highest BCUT2D eigenvalue weighted by Crippen LogP contribution is 2.49. The van der Waals surface area contributed by atoms with Crippen LogP contribution < -0.4 is 4.73 Å². The Morgan fingerprint density at radius 2 is 1.81 bits per heavy atom. The lowest BCUT2D eigenvalue weighted by Crippen LogP contribution is -2.52. The van der Waals surface area contributed by atoms with Gasteiger partial charge in [-0.25, -0.2) is 4.39 Å². The van der Waals surface area contributed by atoms with E-state index in [-0.39, 0.29) is 11.8 Å². The van der Waals surface area contributed by atoms with Gasteiger partial charge in [-0.2, -0.15) is 0 Å². The van der Waals surface area contributed by atoms with E-state index in [4.69, 9.17) is 0 Å². The van der Waals surface area contributed by atoms with Gasteiger partial charge in [0.15, 0.2) is 5.66 Å². The molecule has 0 radical (unpaired) electrons. The molecule has 156 valence electrons. The number of fused-ring (bicyclic) bond motifs is 3. The van der Waals surface area contributed by atoms with Gasteiger partial charge in [-0.3, -0.25) is 14.8 Å². The van der Waals surface area contributed by atoms with Gasteiger partial charge in [-0.1, -0.05) is 31.2 Å². The first kappa shape index (κ1) is 19.2. The number of rotatable bonds is 3. The van der Waals surface area contributed by atoms with Crippen molar-refractivity contribution in [3.63, 3.8) is 0 Å². The second-order valence-corrected chi connectivity index (χ2v) is 7.80. The third-order valence-corrected chi connectivity index (χ3v) is 6.23. The van der Waals surface area contributed by atoms with Gasteiger partial charge in [0, 0.05) is 35.0 Å². The number of hydrogen-bond donors (Lipinski definition) is 1. The molecule has 0 saturated carbocycles. The molecule has 0 bridgehead atoms. The van der Waals surface area contributed by atoms with E-state index >= 15 is 0 Å². The third kappa shape index (κ3) is 2.66. The van der Waals surface area contributed by atoms with Gasteiger partial charge >= 0.3 is 0 Å². The Balaban J connectivity index is 1.74. The van der Waals surface area contributed by atoms with Gasteiger partial charge in [0.1, 0.15) is 5.82 Å². The molecule has 31 heavy (non-hydrogen) atoms. The van der Waals surface area contributed by atoms with Crippen LogP contribution in [0.25, 0.3) is 0 Å². The summed E-state index contributed by atoms with van der Waals surface area (Å²) in [5, 5.41) is 10.2. The molecule has 7 heteroatoms. The molecule has 3 heterocycles. The van der Waals surface area contributed by atoms with Gasteiger partial charge in [-0.15, -0.1) is 0 Å². The number of halogens is 1. The molecule has 2 aliphatic heterocycles. The van der Waals surface area contributed by atoms with Gasteiger partial charge in [0.2, 0.25) is 12.4 Å². The smallest absolute Gasteiger partial charge is 0.257 e. The molecule has 0 spiro atoms. The molecular formula is C24H21FN3O3+. The maximum atomic E-state index is 13.6. The molecule has 5 rings (SSSR count). The number of benzene rings is 2. The van der Waals surface area contributed by atoms with Gasteiger partial charge in [0.05, 0.1) is 11.1 Å². The van der Waals surface area contributed by atoms with Crippen LogP contribution in [0.1, 0.15) is 44.3 Å². The molecule has 1 aromatic heterocycles. The molecule has 2 aromatic carbocycles. The van der Waals surface area contributed by atoms with Crippen molar-refractivity contribution >= 4 is 11.8 Å². The summed E-state index contributed by atoms with van der Waals surface area (Å²) in [6.45, 7) is 2.72. The number of hydrogen-bond acceptors (Lipinski definition) is 3. The molecule has 3 aromatic rings. The van der Waals surface area contributed by atoms with Crippen LogP contribution in [0.3, 0.4) is 0 Å². The van der Waals surface area contributed by atoms with E-state index in [9.17, 15) is 19.2 Å². The molecule has 0 aliphatic carbocycles. The van der Waals surface area contributed by atoms with Crippen molar-refractivity contribution in [3.8, 4) is 0 Å². The lowest BCUT2D eigenvalue weighted by atomic mass is 9.89. The van der Waals surface area contributed by atoms with Crippen molar-refractivity contribution in [1.29, 1.82) is 0 Å². The highest BCUT2D eigenvalue weighted by atomic mass is 19.1. The summed E-state index contributed by atoms with van der Waals surface area (Å²) in [4.78, 5) is 30.2. The van der Waals surface area contributed by atoms with Crippen LogP contribution in [0.5, 0.6) is 0 Å². The number of aromatic nitrogens is 1. The minimum absolute atomic E-state index is 0.190. The predicted molar refractivity (Wildman–Crippen MR) is 109 cm³/mol. The zero-order valence-corrected chi connectivity index (χ0v) is 17.0. The molecule has 1 fully saturated rings. The molecule has 2 amide bonds. The molecule has 1 unspecified atom stereocenters. The van der Waals surface area contributed by atoms with Crippen molar-refractivity contribution in [2.45, 2.75) is 19.0 Å². The maximum Gasteiger partial charge on any atom is 0.257 e. The number of aryl methyl sites for hydroxylation is 1. The first-order valence-electron chi connectivity index (χ1n) is 10.2. The van der Waals surface area contributed by atoms with Crippen LogP contribution >= 0.6 is 0 Å². The fourth-order valence-corrected chi connectivity index (χ4v) is 4.74. The number of carbonyl (C=O) groups is 2. The lowest BCUT2D eigenvalue weighted by Gasteiger charge is -2.39. The predicted octanol–water partition coefficient (Wildman–Crippen LogP) is 2.73. The third-order valence-electron chi connectivity index (χ3n) is 6.23. The Morgan fingerprint density at radius 3 is 2.48 bits per heavy atom. The molecule has 1 saturated heterocycles. The van der Waals surface area contributed by atoms with Crippen molar-refractivity contribution in [3.05, 3.63) is 101 Å². The molecule has 1 N–H and O–H groups in total. The SMILES string of the molecule is CCc1ccc(C23c4c[n+](O)ccc4C(=O)N2CCN3C(=O)c2ccc(F)cc2)cc1. The molecular weight excluding hydrogens is 397 g/mol. The zero-order valence-electron chi connectivity index (χ0n) is 17.0. The lowest BCUT2D eigenvalue weighted by molar-refractivity contribution is -0.905. The van der Waals surface area contributed by atoms with Gasteiger partial charge < -0.3 is 9.80 Å². The van der Waals surface area contributed by atoms with Gasteiger partial charge in [-0.05, 0) is 36.2 Å². The second-order valence-electron chi connectivity index (χ2n) is 7.80. The highest BCUT2D eigenvalue weighted by Gasteiger charge is 2.61. The first-order chi connectivity index (χ1) is 15.0. The van der Waals surface area contributed by atoms with E-state index in [2.05, 4.69) is 6.92 Å². The fourth-order valence-electron chi connectivity index (χ4n) is 4.74. The van der Waals surface area contributed by atoms with E-state index in [1.54, 1.807) is 15.9 Å². The van der Waals surface area contributed by atoms with Crippen LogP contribution in [0.2, 0.25) is 0 Å². The molecule has 6 nitrogen and oxygen atoms in total. The van der Waals surface area contributed by atoms with Gasteiger partial charge in [0.25, 0.3) is 11.8 Å². The number of amides is 2.